The third kappa shape index (κ3) is 2.48. The molecule has 0 saturated carbocycles. The molecule has 0 atom stereocenters. The van der Waals surface area contributed by atoms with Crippen molar-refractivity contribution >= 4 is 17.5 Å². The quantitative estimate of drug-likeness (QED) is 0.744. The summed E-state index contributed by atoms with van der Waals surface area (Å²) in [6.07, 6.45) is 4.94. The molecule has 0 aliphatic rings. The summed E-state index contributed by atoms with van der Waals surface area (Å²) in [7, 11) is 0. The van der Waals surface area contributed by atoms with Crippen molar-refractivity contribution in [3.05, 3.63) is 34.6 Å². The number of hydrogen-bond donors (Lipinski definition) is 1. The maximum absolute atomic E-state index is 13.1. The Morgan fingerprint density at radius 3 is 3.00 bits per heavy atom. The van der Waals surface area contributed by atoms with Crippen molar-refractivity contribution in [2.75, 3.05) is 6.54 Å². The van der Waals surface area contributed by atoms with Gasteiger partial charge in [-0.05, 0) is 18.2 Å². The lowest BCUT2D eigenvalue weighted by Crippen LogP contribution is -2.24. The van der Waals surface area contributed by atoms with Crippen LogP contribution in [0.4, 0.5) is 4.39 Å². The van der Waals surface area contributed by atoms with Crippen molar-refractivity contribution in [1.29, 1.82) is 0 Å². The monoisotopic (exact) mass is 211 g/mol. The van der Waals surface area contributed by atoms with Gasteiger partial charge in [0.15, 0.2) is 0 Å². The van der Waals surface area contributed by atoms with Crippen LogP contribution in [0.5, 0.6) is 0 Å². The number of halogens is 2. The highest BCUT2D eigenvalue weighted by atomic mass is 35.5. The molecule has 1 aromatic carbocycles. The molecule has 0 aromatic heterocycles. The summed E-state index contributed by atoms with van der Waals surface area (Å²) in [5, 5.41) is 2.65. The Morgan fingerprint density at radius 2 is 2.36 bits per heavy atom. The fraction of sp³-hybridized carbons (Fsp3) is 0.100. The van der Waals surface area contributed by atoms with Crippen LogP contribution in [0.15, 0.2) is 18.2 Å². The number of benzene rings is 1. The summed E-state index contributed by atoms with van der Waals surface area (Å²) in [5.74, 6) is 1.03. The third-order valence-electron chi connectivity index (χ3n) is 1.52. The molecule has 0 aliphatic heterocycles. The van der Waals surface area contributed by atoms with Crippen LogP contribution in [0.3, 0.4) is 0 Å². The molecular weight excluding hydrogens is 205 g/mol. The van der Waals surface area contributed by atoms with Gasteiger partial charge in [-0.2, -0.15) is 0 Å². The van der Waals surface area contributed by atoms with E-state index in [0.29, 0.717) is 5.02 Å². The van der Waals surface area contributed by atoms with Gasteiger partial charge >= 0.3 is 0 Å². The summed E-state index contributed by atoms with van der Waals surface area (Å²) >= 11 is 5.61. The average Bonchev–Trinajstić information content (AvgIpc) is 2.18. The van der Waals surface area contributed by atoms with E-state index in [2.05, 4.69) is 11.2 Å². The second-order valence-corrected chi connectivity index (χ2v) is 2.95. The Kier molecular flexibility index (Phi) is 3.49. The first-order valence-electron chi connectivity index (χ1n) is 3.82. The van der Waals surface area contributed by atoms with Crippen LogP contribution in [0, 0.1) is 18.2 Å². The normalized spacial score (nSPS) is 9.21. The number of carbonyl (C=O) groups excluding carboxylic acids is 1. The van der Waals surface area contributed by atoms with Crippen molar-refractivity contribution < 1.29 is 9.18 Å². The number of rotatable bonds is 2. The van der Waals surface area contributed by atoms with E-state index in [4.69, 9.17) is 18.0 Å². The van der Waals surface area contributed by atoms with Crippen molar-refractivity contribution in [2.45, 2.75) is 0 Å². The first kappa shape index (κ1) is 10.6. The van der Waals surface area contributed by atoms with E-state index < -0.39 is 11.7 Å². The maximum Gasteiger partial charge on any atom is 0.255 e. The predicted molar refractivity (Wildman–Crippen MR) is 52.6 cm³/mol. The fourth-order valence-corrected chi connectivity index (χ4v) is 1.07. The topological polar surface area (TPSA) is 29.1 Å². The minimum Gasteiger partial charge on any atom is -0.341 e. The summed E-state index contributed by atoms with van der Waals surface area (Å²) in [5.41, 5.74) is -0.104. The lowest BCUT2D eigenvalue weighted by atomic mass is 10.2. The van der Waals surface area contributed by atoms with E-state index in [1.807, 2.05) is 0 Å². The summed E-state index contributed by atoms with van der Waals surface area (Å²) < 4.78 is 13.1. The molecule has 0 aliphatic carbocycles. The van der Waals surface area contributed by atoms with E-state index in [0.717, 1.165) is 6.07 Å². The van der Waals surface area contributed by atoms with Gasteiger partial charge in [-0.15, -0.1) is 6.42 Å². The number of nitrogens with one attached hydrogen (secondary N) is 1. The van der Waals surface area contributed by atoms with E-state index >= 15 is 0 Å². The summed E-state index contributed by atoms with van der Waals surface area (Å²) in [6.45, 7) is 0.0603. The molecule has 0 heterocycles. The number of terminal acetylenes is 1. The van der Waals surface area contributed by atoms with Crippen molar-refractivity contribution in [1.82, 2.24) is 5.32 Å². The second-order valence-electron chi connectivity index (χ2n) is 2.51. The van der Waals surface area contributed by atoms with Gasteiger partial charge in [0.1, 0.15) is 5.82 Å². The van der Waals surface area contributed by atoms with E-state index in [1.165, 1.54) is 12.1 Å². The molecule has 1 rings (SSSR count). The molecule has 14 heavy (non-hydrogen) atoms. The average molecular weight is 212 g/mol. The summed E-state index contributed by atoms with van der Waals surface area (Å²) in [4.78, 5) is 11.3. The molecule has 1 N–H and O–H groups in total. The Hall–Kier alpha value is -1.53. The van der Waals surface area contributed by atoms with Gasteiger partial charge in [-0.1, -0.05) is 17.5 Å². The van der Waals surface area contributed by atoms with Crippen LogP contribution in [0.25, 0.3) is 0 Å². The zero-order valence-corrected chi connectivity index (χ0v) is 7.94. The maximum atomic E-state index is 13.1. The van der Waals surface area contributed by atoms with Gasteiger partial charge in [0.05, 0.1) is 12.1 Å². The van der Waals surface area contributed by atoms with Gasteiger partial charge in [0, 0.05) is 5.02 Å². The van der Waals surface area contributed by atoms with Crippen LogP contribution in [0.2, 0.25) is 5.02 Å². The van der Waals surface area contributed by atoms with Crippen LogP contribution in [0.1, 0.15) is 10.4 Å². The summed E-state index contributed by atoms with van der Waals surface area (Å²) in [6, 6.07) is 3.75. The Labute approximate surface area is 86.1 Å². The van der Waals surface area contributed by atoms with Crippen LogP contribution < -0.4 is 5.32 Å². The molecule has 72 valence electrons. The van der Waals surface area contributed by atoms with Crippen LogP contribution >= 0.6 is 11.6 Å². The Morgan fingerprint density at radius 1 is 1.64 bits per heavy atom. The standard InChI is InChI=1S/C10H7ClFNO/c1-2-5-13-10(14)8-6-7(11)3-4-9(8)12/h1,3-4,6H,5H2,(H,13,14). The van der Waals surface area contributed by atoms with Gasteiger partial charge in [-0.3, -0.25) is 4.79 Å². The van der Waals surface area contributed by atoms with Crippen molar-refractivity contribution in [3.63, 3.8) is 0 Å². The molecule has 1 amide bonds. The first-order valence-corrected chi connectivity index (χ1v) is 4.19. The molecule has 2 nitrogen and oxygen atoms in total. The fourth-order valence-electron chi connectivity index (χ4n) is 0.898. The van der Waals surface area contributed by atoms with Crippen LogP contribution in [-0.2, 0) is 0 Å². The van der Waals surface area contributed by atoms with Crippen LogP contribution in [-0.4, -0.2) is 12.5 Å². The van der Waals surface area contributed by atoms with Crippen molar-refractivity contribution in [3.8, 4) is 12.3 Å². The molecule has 0 saturated heterocycles. The van der Waals surface area contributed by atoms with E-state index in [-0.39, 0.29) is 12.1 Å². The minimum atomic E-state index is -0.621. The SMILES string of the molecule is C#CCNC(=O)c1cc(Cl)ccc1F. The highest BCUT2D eigenvalue weighted by Gasteiger charge is 2.10. The molecular formula is C10H7ClFNO. The molecule has 1 aromatic rings. The molecule has 0 unspecified atom stereocenters. The highest BCUT2D eigenvalue weighted by molar-refractivity contribution is 6.30. The largest absolute Gasteiger partial charge is 0.341 e. The Bertz CT molecular complexity index is 398. The van der Waals surface area contributed by atoms with Gasteiger partial charge < -0.3 is 5.32 Å². The zero-order valence-electron chi connectivity index (χ0n) is 7.18. The number of carbonyl (C=O) groups is 1. The molecule has 0 spiro atoms. The van der Waals surface area contributed by atoms with Gasteiger partial charge in [0.2, 0.25) is 0 Å². The smallest absolute Gasteiger partial charge is 0.255 e. The molecule has 4 heteroatoms. The van der Waals surface area contributed by atoms with Gasteiger partial charge in [-0.25, -0.2) is 4.39 Å². The van der Waals surface area contributed by atoms with Gasteiger partial charge in [0.25, 0.3) is 5.91 Å². The molecule has 0 fully saturated rings. The Balaban J connectivity index is 2.90. The minimum absolute atomic E-state index is 0.0603. The lowest BCUT2D eigenvalue weighted by molar-refractivity contribution is 0.0954. The molecule has 0 radical (unpaired) electrons. The highest BCUT2D eigenvalue weighted by Crippen LogP contribution is 2.14. The first-order chi connectivity index (χ1) is 6.65. The lowest BCUT2D eigenvalue weighted by Gasteiger charge is -2.02. The second kappa shape index (κ2) is 4.64. The molecule has 0 bridgehead atoms. The zero-order chi connectivity index (χ0) is 10.6. The van der Waals surface area contributed by atoms with E-state index in [1.54, 1.807) is 0 Å². The van der Waals surface area contributed by atoms with E-state index in [9.17, 15) is 9.18 Å². The number of amides is 1. The van der Waals surface area contributed by atoms with Crippen molar-refractivity contribution in [2.24, 2.45) is 0 Å². The number of hydrogen-bond acceptors (Lipinski definition) is 1. The predicted octanol–water partition coefficient (Wildman–Crippen LogP) is 1.84. The third-order valence-corrected chi connectivity index (χ3v) is 1.76.